The van der Waals surface area contributed by atoms with Crippen LogP contribution < -0.4 is 5.32 Å². The topological polar surface area (TPSA) is 39.7 Å². The van der Waals surface area contributed by atoms with Crippen LogP contribution >= 0.6 is 0 Å². The number of hydrogen-bond acceptors (Lipinski definition) is 4. The van der Waals surface area contributed by atoms with Gasteiger partial charge in [-0.25, -0.2) is 0 Å². The first-order chi connectivity index (χ1) is 11.7. The van der Waals surface area contributed by atoms with Gasteiger partial charge >= 0.3 is 99.0 Å². The molecule has 0 aliphatic heterocycles. The minimum atomic E-state index is 0.627. The Bertz CT molecular complexity index is 396. The van der Waals surface area contributed by atoms with E-state index < -0.39 is 0 Å². The first kappa shape index (κ1) is 21.1. The van der Waals surface area contributed by atoms with Gasteiger partial charge < -0.3 is 9.47 Å². The molecule has 5 heteroatoms. The second kappa shape index (κ2) is 14.4. The molecule has 24 heavy (non-hydrogen) atoms. The fourth-order valence-electron chi connectivity index (χ4n) is 2.34. The molecule has 0 amide bonds. The first-order valence-corrected chi connectivity index (χ1v) is 9.19. The van der Waals surface area contributed by atoms with Crippen molar-refractivity contribution in [2.24, 2.45) is 0 Å². The third-order valence-corrected chi connectivity index (χ3v) is 3.90. The third kappa shape index (κ3) is 10.8. The Morgan fingerprint density at radius 2 is 1.67 bits per heavy atom. The molecule has 0 aromatic heterocycles. The molecule has 0 saturated carbocycles. The predicted molar refractivity (Wildman–Crippen MR) is 102 cm³/mol. The molecule has 4 nitrogen and oxygen atoms in total. The summed E-state index contributed by atoms with van der Waals surface area (Å²) in [5, 5.41) is 3.36. The Labute approximate surface area is 148 Å². The maximum absolute atomic E-state index is 5.81. The molecule has 0 aromatic carbocycles. The van der Waals surface area contributed by atoms with E-state index in [1.807, 2.05) is 0 Å². The van der Waals surface area contributed by atoms with Crippen molar-refractivity contribution in [1.82, 2.24) is 5.32 Å². The number of rotatable bonds is 15. The van der Waals surface area contributed by atoms with Gasteiger partial charge in [0.15, 0.2) is 0 Å². The van der Waals surface area contributed by atoms with Crippen LogP contribution in [-0.2, 0) is 14.2 Å². The Kier molecular flexibility index (Phi) is 12.7. The van der Waals surface area contributed by atoms with Gasteiger partial charge in [0.25, 0.3) is 0 Å². The van der Waals surface area contributed by atoms with E-state index in [9.17, 15) is 0 Å². The van der Waals surface area contributed by atoms with Crippen LogP contribution in [0.15, 0.2) is 23.9 Å². The molecule has 0 heterocycles. The number of unbranched alkanes of at least 4 members (excludes halogenated alkanes) is 1. The van der Waals surface area contributed by atoms with E-state index >= 15 is 0 Å². The second-order valence-electron chi connectivity index (χ2n) is 6.04. The average molecular weight is 334 g/mol. The molecule has 0 bridgehead atoms. The summed E-state index contributed by atoms with van der Waals surface area (Å²) in [7, 11) is 5.81. The Morgan fingerprint density at radius 1 is 1.04 bits per heavy atom. The van der Waals surface area contributed by atoms with Crippen molar-refractivity contribution in [2.45, 2.75) is 45.4 Å². The summed E-state index contributed by atoms with van der Waals surface area (Å²) in [5.41, 5.74) is 3.38. The van der Waals surface area contributed by atoms with Crippen LogP contribution in [0, 0.1) is 0 Å². The molecule has 0 saturated heterocycles. The molecule has 1 aliphatic carbocycles. The molecule has 1 aliphatic rings. The second-order valence-corrected chi connectivity index (χ2v) is 6.04. The molecular weight excluding hydrogens is 301 g/mol. The standard InChI is InChI=1S/C19H33BNO3/c1-3-4-11-22-13-15-24-16-14-23-12-5-10-21-17(2)18-6-8-19(20)9-7-18/h6,21H,2-5,7-16H2,1H3. The number of hydrogen-bond donors (Lipinski definition) is 1. The van der Waals surface area contributed by atoms with E-state index in [4.69, 9.17) is 21.7 Å². The van der Waals surface area contributed by atoms with Crippen molar-refractivity contribution < 1.29 is 14.2 Å². The summed E-state index contributed by atoms with van der Waals surface area (Å²) < 4.78 is 16.4. The molecule has 1 radical (unpaired) electrons. The van der Waals surface area contributed by atoms with E-state index in [0.717, 1.165) is 63.0 Å². The van der Waals surface area contributed by atoms with Crippen molar-refractivity contribution in [3.8, 4) is 0 Å². The van der Waals surface area contributed by atoms with Crippen molar-refractivity contribution in [3.05, 3.63) is 23.9 Å². The summed E-state index contributed by atoms with van der Waals surface area (Å²) >= 11 is 0. The molecule has 0 unspecified atom stereocenters. The van der Waals surface area contributed by atoms with E-state index in [-0.39, 0.29) is 0 Å². The summed E-state index contributed by atoms with van der Waals surface area (Å²) in [6, 6.07) is 0. The van der Waals surface area contributed by atoms with Crippen LogP contribution in [0.25, 0.3) is 0 Å². The van der Waals surface area contributed by atoms with Crippen LogP contribution in [0.3, 0.4) is 0 Å². The van der Waals surface area contributed by atoms with E-state index in [0.29, 0.717) is 26.4 Å². The quantitative estimate of drug-likeness (QED) is 0.369. The maximum atomic E-state index is 5.81. The van der Waals surface area contributed by atoms with Crippen molar-refractivity contribution >= 4 is 13.0 Å². The zero-order valence-corrected chi connectivity index (χ0v) is 15.3. The zero-order chi connectivity index (χ0) is 17.5. The molecule has 0 aromatic rings. The van der Waals surface area contributed by atoms with Crippen LogP contribution in [-0.4, -0.2) is 59.1 Å². The van der Waals surface area contributed by atoms with Gasteiger partial charge in [0, 0.05) is 6.61 Å². The normalized spacial score (nSPS) is 14.5. The molecule has 1 rings (SSSR count). The van der Waals surface area contributed by atoms with Crippen LogP contribution in [0.5, 0.6) is 0 Å². The summed E-state index contributed by atoms with van der Waals surface area (Å²) in [5.74, 6) is 0. The fraction of sp³-hybridized carbons (Fsp3) is 0.737. The zero-order valence-electron chi connectivity index (χ0n) is 15.3. The van der Waals surface area contributed by atoms with Crippen LogP contribution in [0.4, 0.5) is 0 Å². The fourth-order valence-corrected chi connectivity index (χ4v) is 2.34. The van der Waals surface area contributed by atoms with Gasteiger partial charge in [0.1, 0.15) is 0 Å². The van der Waals surface area contributed by atoms with Gasteiger partial charge in [-0.2, -0.15) is 0 Å². The van der Waals surface area contributed by atoms with E-state index in [1.165, 1.54) is 12.0 Å². The molecule has 0 fully saturated rings. The molecule has 0 spiro atoms. The third-order valence-electron chi connectivity index (χ3n) is 3.90. The van der Waals surface area contributed by atoms with Gasteiger partial charge in [-0.1, -0.05) is 13.3 Å². The predicted octanol–water partition coefficient (Wildman–Crippen LogP) is 2.78. The van der Waals surface area contributed by atoms with E-state index in [1.54, 1.807) is 0 Å². The first-order valence-electron chi connectivity index (χ1n) is 9.19. The summed E-state index contributed by atoms with van der Waals surface area (Å²) in [6.45, 7) is 11.3. The summed E-state index contributed by atoms with van der Waals surface area (Å²) in [6.07, 6.45) is 8.26. The van der Waals surface area contributed by atoms with Gasteiger partial charge in [-0.15, -0.1) is 0 Å². The molecule has 135 valence electrons. The molecule has 0 atom stereocenters. The van der Waals surface area contributed by atoms with Crippen molar-refractivity contribution in [2.75, 3.05) is 46.2 Å². The molecule has 1 N–H and O–H groups in total. The Hall–Kier alpha value is -0.905. The van der Waals surface area contributed by atoms with Crippen LogP contribution in [0.1, 0.15) is 45.4 Å². The van der Waals surface area contributed by atoms with Crippen molar-refractivity contribution in [1.29, 1.82) is 0 Å². The SMILES string of the molecule is [B]=C1CC=C(C(=C)NCCCOCCOCCOCCCC)CC1. The van der Waals surface area contributed by atoms with Gasteiger partial charge in [0.05, 0.1) is 13.2 Å². The average Bonchev–Trinajstić information content (AvgIpc) is 2.59. The number of ether oxygens (including phenoxy) is 3. The molecular formula is C19H33BNO3. The number of allylic oxidation sites excluding steroid dienone is 2. The van der Waals surface area contributed by atoms with Gasteiger partial charge in [0.2, 0.25) is 0 Å². The van der Waals surface area contributed by atoms with E-state index in [2.05, 4.69) is 24.9 Å². The monoisotopic (exact) mass is 334 g/mol. The Morgan fingerprint density at radius 3 is 2.25 bits per heavy atom. The minimum absolute atomic E-state index is 0.627. The van der Waals surface area contributed by atoms with Gasteiger partial charge in [-0.05, 0) is 6.42 Å². The Balaban J connectivity index is 1.84. The summed E-state index contributed by atoms with van der Waals surface area (Å²) in [4.78, 5) is 0. The van der Waals surface area contributed by atoms with Gasteiger partial charge in [-0.3, -0.25) is 0 Å². The van der Waals surface area contributed by atoms with Crippen molar-refractivity contribution in [3.63, 3.8) is 0 Å². The van der Waals surface area contributed by atoms with Crippen LogP contribution in [0.2, 0.25) is 0 Å². The number of nitrogens with one attached hydrogen (secondary N) is 1.